The van der Waals surface area contributed by atoms with Crippen LogP contribution in [0.4, 0.5) is 5.95 Å². The Hall–Kier alpha value is -4.72. The van der Waals surface area contributed by atoms with Gasteiger partial charge in [-0.2, -0.15) is 23.7 Å². The maximum atomic E-state index is 5.37. The van der Waals surface area contributed by atoms with Crippen LogP contribution in [0.2, 0.25) is 0 Å². The second-order valence-corrected chi connectivity index (χ2v) is 11.5. The Balaban J connectivity index is 1.03. The summed E-state index contributed by atoms with van der Waals surface area (Å²) in [6.45, 7) is 0. The van der Waals surface area contributed by atoms with E-state index in [-0.39, 0.29) is 0 Å². The number of hydrogen-bond acceptors (Lipinski definition) is 7. The number of H-pyrrole nitrogens is 1. The topological polar surface area (TPSA) is 86.9 Å². The number of nitrogens with zero attached hydrogens (tertiary/aromatic N) is 8. The zero-order valence-corrected chi connectivity index (χ0v) is 24.5. The molecule has 0 fully saturated rings. The first-order chi connectivity index (χ1) is 20.0. The van der Waals surface area contributed by atoms with Crippen LogP contribution in [0.1, 0.15) is 11.1 Å². The normalized spacial score (nSPS) is 12.0. The van der Waals surface area contributed by atoms with Gasteiger partial charge in [-0.15, -0.1) is 5.10 Å². The number of anilines is 1. The molecule has 7 rings (SSSR count). The van der Waals surface area contributed by atoms with E-state index in [2.05, 4.69) is 118 Å². The van der Waals surface area contributed by atoms with Gasteiger partial charge >= 0.3 is 9.92 Å². The van der Waals surface area contributed by atoms with Crippen molar-refractivity contribution in [1.29, 1.82) is 0 Å². The molecular weight excluding hydrogens is 573 g/mol. The quantitative estimate of drug-likeness (QED) is 0.119. The Labute approximate surface area is 247 Å². The Morgan fingerprint density at radius 2 is 1.37 bits per heavy atom. The predicted octanol–water partition coefficient (Wildman–Crippen LogP) is 4.88. The smallest absolute Gasteiger partial charge is 0.248 e. The van der Waals surface area contributed by atoms with Gasteiger partial charge in [0.05, 0.1) is 26.5 Å². The SMILES string of the molecule is C[n+]1c(-c2ccc(/C=N\Nc3n[nH]c(=S)n3/N=C\c3ccc(-c4cn5ccsc5[n+]4C)cc3)cc2)cn2ccsc21. The van der Waals surface area contributed by atoms with E-state index >= 15 is 0 Å². The molecule has 41 heavy (non-hydrogen) atoms. The van der Waals surface area contributed by atoms with Crippen molar-refractivity contribution in [3.63, 3.8) is 0 Å². The second kappa shape index (κ2) is 10.4. The Morgan fingerprint density at radius 3 is 1.90 bits per heavy atom. The van der Waals surface area contributed by atoms with Gasteiger partial charge in [-0.25, -0.2) is 19.7 Å². The molecule has 0 aliphatic carbocycles. The molecule has 5 heterocycles. The van der Waals surface area contributed by atoms with Gasteiger partial charge in [0.25, 0.3) is 5.95 Å². The van der Waals surface area contributed by atoms with Crippen LogP contribution >= 0.6 is 34.9 Å². The highest BCUT2D eigenvalue weighted by Crippen LogP contribution is 2.21. The van der Waals surface area contributed by atoms with Gasteiger partial charge in [-0.1, -0.05) is 46.9 Å². The molecule has 0 bridgehead atoms. The summed E-state index contributed by atoms with van der Waals surface area (Å²) in [6, 6.07) is 16.5. The molecule has 13 heteroatoms. The number of aromatic amines is 1. The van der Waals surface area contributed by atoms with Crippen molar-refractivity contribution >= 4 is 63.2 Å². The fourth-order valence-corrected chi connectivity index (χ4v) is 6.47. The molecule has 0 aliphatic rings. The van der Waals surface area contributed by atoms with E-state index in [0.29, 0.717) is 10.7 Å². The van der Waals surface area contributed by atoms with E-state index in [0.717, 1.165) is 33.6 Å². The lowest BCUT2D eigenvalue weighted by Gasteiger charge is -2.01. The van der Waals surface area contributed by atoms with Gasteiger partial charge in [-0.3, -0.25) is 0 Å². The number of aryl methyl sites for hydroxylation is 2. The lowest BCUT2D eigenvalue weighted by atomic mass is 10.1. The third kappa shape index (κ3) is 4.69. The molecule has 0 radical (unpaired) electrons. The molecule has 0 amide bonds. The van der Waals surface area contributed by atoms with Gasteiger partial charge in [0.2, 0.25) is 4.77 Å². The van der Waals surface area contributed by atoms with E-state index in [1.165, 1.54) is 14.6 Å². The molecule has 5 aromatic heterocycles. The number of aromatic nitrogens is 7. The van der Waals surface area contributed by atoms with Crippen LogP contribution in [0.25, 0.3) is 32.4 Å². The molecule has 0 aliphatic heterocycles. The first-order valence-corrected chi connectivity index (χ1v) is 14.8. The average Bonchev–Trinajstić information content (AvgIpc) is 3.81. The van der Waals surface area contributed by atoms with Gasteiger partial charge in [0.1, 0.15) is 24.8 Å². The molecule has 10 nitrogen and oxygen atoms in total. The van der Waals surface area contributed by atoms with Crippen LogP contribution in [0.3, 0.4) is 0 Å². The van der Waals surface area contributed by atoms with Crippen molar-refractivity contribution in [3.05, 3.63) is 100.0 Å². The third-order valence-electron chi connectivity index (χ3n) is 6.81. The highest BCUT2D eigenvalue weighted by Gasteiger charge is 2.18. The Bertz CT molecular complexity index is 2120. The van der Waals surface area contributed by atoms with Crippen molar-refractivity contribution in [3.8, 4) is 22.5 Å². The standard InChI is InChI=1S/C28H23N10S3/c1-34-23(17-36-11-13-40-27(34)36)21-7-3-19(4-8-21)15-29-31-25-32-33-26(39)38(25)30-16-20-5-9-22(10-6-20)24-18-37-12-14-41-28(37)35(24)2/h3-18H,1-2H3,(H-,31,32,33,39)/q+1/p+1/b29-15-,30-16-. The molecule has 0 atom stereocenters. The summed E-state index contributed by atoms with van der Waals surface area (Å²) in [7, 11) is 4.16. The molecule has 0 unspecified atom stereocenters. The van der Waals surface area contributed by atoms with Crippen molar-refractivity contribution in [2.24, 2.45) is 24.3 Å². The molecule has 202 valence electrons. The highest BCUT2D eigenvalue weighted by atomic mass is 32.1. The number of rotatable bonds is 7. The summed E-state index contributed by atoms with van der Waals surface area (Å²) in [5.41, 5.74) is 9.39. The van der Waals surface area contributed by atoms with E-state index in [9.17, 15) is 0 Å². The van der Waals surface area contributed by atoms with E-state index in [1.54, 1.807) is 35.1 Å². The summed E-state index contributed by atoms with van der Waals surface area (Å²) in [5.74, 6) is 0.387. The third-order valence-corrected chi connectivity index (χ3v) is 8.99. The lowest BCUT2D eigenvalue weighted by Crippen LogP contribution is -2.28. The van der Waals surface area contributed by atoms with Crippen molar-refractivity contribution in [2.75, 3.05) is 5.43 Å². The minimum absolute atomic E-state index is 0.362. The predicted molar refractivity (Wildman–Crippen MR) is 165 cm³/mol. The molecule has 0 saturated carbocycles. The van der Waals surface area contributed by atoms with Crippen LogP contribution in [-0.2, 0) is 14.1 Å². The monoisotopic (exact) mass is 596 g/mol. The molecular formula is C28H24N10S3+2. The number of imidazole rings is 2. The number of thiazole rings is 2. The zero-order chi connectivity index (χ0) is 27.9. The first-order valence-electron chi connectivity index (χ1n) is 12.7. The molecule has 0 spiro atoms. The molecule has 2 N–H and O–H groups in total. The summed E-state index contributed by atoms with van der Waals surface area (Å²) >= 11 is 8.80. The minimum atomic E-state index is 0.362. The zero-order valence-electron chi connectivity index (χ0n) is 22.0. The molecule has 7 aromatic rings. The van der Waals surface area contributed by atoms with Crippen molar-refractivity contribution in [1.82, 2.24) is 23.7 Å². The Kier molecular flexibility index (Phi) is 6.38. The maximum Gasteiger partial charge on any atom is 0.345 e. The van der Waals surface area contributed by atoms with Crippen molar-refractivity contribution in [2.45, 2.75) is 0 Å². The van der Waals surface area contributed by atoms with Crippen LogP contribution in [0.5, 0.6) is 0 Å². The van der Waals surface area contributed by atoms with Gasteiger partial charge in [0.15, 0.2) is 11.4 Å². The van der Waals surface area contributed by atoms with E-state index < -0.39 is 0 Å². The number of hydrogen-bond donors (Lipinski definition) is 2. The Morgan fingerprint density at radius 1 is 0.829 bits per heavy atom. The number of fused-ring (bicyclic) bond motifs is 2. The fourth-order valence-electron chi connectivity index (χ4n) is 4.68. The average molecular weight is 597 g/mol. The number of benzene rings is 2. The molecule has 2 aromatic carbocycles. The van der Waals surface area contributed by atoms with Crippen LogP contribution in [0, 0.1) is 4.77 Å². The first kappa shape index (κ1) is 25.3. The van der Waals surface area contributed by atoms with Crippen LogP contribution in [-0.4, -0.2) is 36.1 Å². The van der Waals surface area contributed by atoms with Crippen molar-refractivity contribution < 1.29 is 9.13 Å². The van der Waals surface area contributed by atoms with E-state index in [1.807, 2.05) is 24.3 Å². The second-order valence-electron chi connectivity index (χ2n) is 9.36. The largest absolute Gasteiger partial charge is 0.345 e. The summed E-state index contributed by atoms with van der Waals surface area (Å²) in [4.78, 5) is 2.37. The molecule has 0 saturated heterocycles. The van der Waals surface area contributed by atoms with Gasteiger partial charge < -0.3 is 0 Å². The van der Waals surface area contributed by atoms with Gasteiger partial charge in [0, 0.05) is 21.9 Å². The number of hydrazone groups is 1. The minimum Gasteiger partial charge on any atom is -0.248 e. The highest BCUT2D eigenvalue weighted by molar-refractivity contribution is 7.71. The maximum absolute atomic E-state index is 5.37. The number of nitrogens with one attached hydrogen (secondary N) is 2. The fraction of sp³-hybridized carbons (Fsp3) is 0.0714. The summed E-state index contributed by atoms with van der Waals surface area (Å²) < 4.78 is 10.5. The van der Waals surface area contributed by atoms with Crippen LogP contribution < -0.4 is 14.6 Å². The van der Waals surface area contributed by atoms with Gasteiger partial charge in [-0.05, 0) is 47.6 Å². The van der Waals surface area contributed by atoms with Crippen LogP contribution in [0.15, 0.2) is 94.3 Å². The lowest BCUT2D eigenvalue weighted by molar-refractivity contribution is -0.631. The van der Waals surface area contributed by atoms with E-state index in [4.69, 9.17) is 12.2 Å². The summed E-state index contributed by atoms with van der Waals surface area (Å²) in [5, 5.41) is 20.0. The summed E-state index contributed by atoms with van der Waals surface area (Å²) in [6.07, 6.45) is 11.9.